The summed E-state index contributed by atoms with van der Waals surface area (Å²) in [5, 5.41) is 4.19. The van der Waals surface area contributed by atoms with Gasteiger partial charge in [0, 0.05) is 5.56 Å². The van der Waals surface area contributed by atoms with Crippen molar-refractivity contribution < 1.29 is 4.39 Å². The second kappa shape index (κ2) is 5.97. The molecule has 0 bridgehead atoms. The molecule has 0 aliphatic carbocycles. The lowest BCUT2D eigenvalue weighted by Gasteiger charge is -2.08. The monoisotopic (exact) mass is 320 g/mol. The van der Waals surface area contributed by atoms with Gasteiger partial charge in [-0.25, -0.2) is 4.39 Å². The lowest BCUT2D eigenvalue weighted by Crippen LogP contribution is -1.98. The van der Waals surface area contributed by atoms with Gasteiger partial charge in [0.2, 0.25) is 0 Å². The van der Waals surface area contributed by atoms with Crippen LogP contribution in [0.1, 0.15) is 16.7 Å². The molecule has 98 valence electrons. The highest BCUT2D eigenvalue weighted by atomic mass is 79.9. The minimum Gasteiger partial charge on any atom is -0.279 e. The third-order valence-corrected chi connectivity index (χ3v) is 3.85. The topological polar surface area (TPSA) is 24.4 Å². The van der Waals surface area contributed by atoms with Crippen LogP contribution in [0.25, 0.3) is 0 Å². The zero-order chi connectivity index (χ0) is 13.8. The average Bonchev–Trinajstić information content (AvgIpc) is 2.41. The largest absolute Gasteiger partial charge is 0.279 e. The number of rotatable bonds is 3. The molecule has 2 aromatic carbocycles. The first kappa shape index (κ1) is 13.7. The van der Waals surface area contributed by atoms with E-state index in [2.05, 4.69) is 26.5 Å². The molecule has 0 heterocycles. The fourth-order valence-electron chi connectivity index (χ4n) is 1.81. The van der Waals surface area contributed by atoms with Crippen LogP contribution in [0.5, 0.6) is 0 Å². The van der Waals surface area contributed by atoms with Crippen molar-refractivity contribution in [2.24, 2.45) is 5.10 Å². The van der Waals surface area contributed by atoms with Crippen LogP contribution in [-0.4, -0.2) is 6.21 Å². The fraction of sp³-hybridized carbons (Fsp3) is 0.133. The van der Waals surface area contributed by atoms with Crippen molar-refractivity contribution in [3.8, 4) is 0 Å². The third-order valence-electron chi connectivity index (χ3n) is 2.87. The molecule has 2 aromatic rings. The first-order valence-electron chi connectivity index (χ1n) is 5.89. The highest BCUT2D eigenvalue weighted by molar-refractivity contribution is 9.10. The summed E-state index contributed by atoms with van der Waals surface area (Å²) in [4.78, 5) is 0. The maximum absolute atomic E-state index is 13.5. The average molecular weight is 321 g/mol. The number of nitrogens with one attached hydrogen (secondary N) is 1. The van der Waals surface area contributed by atoms with Gasteiger partial charge in [0.05, 0.1) is 16.4 Å². The van der Waals surface area contributed by atoms with Crippen molar-refractivity contribution in [2.45, 2.75) is 13.8 Å². The molecule has 0 unspecified atom stereocenters. The van der Waals surface area contributed by atoms with Gasteiger partial charge in [-0.1, -0.05) is 18.2 Å². The van der Waals surface area contributed by atoms with E-state index in [0.717, 1.165) is 22.4 Å². The Bertz CT molecular complexity index is 609. The Kier molecular flexibility index (Phi) is 4.32. The Morgan fingerprint density at radius 2 is 1.89 bits per heavy atom. The maximum atomic E-state index is 13.5. The molecule has 0 aromatic heterocycles. The third kappa shape index (κ3) is 3.20. The highest BCUT2D eigenvalue weighted by Gasteiger charge is 2.09. The summed E-state index contributed by atoms with van der Waals surface area (Å²) in [7, 11) is 0. The van der Waals surface area contributed by atoms with E-state index in [9.17, 15) is 4.39 Å². The Balaban J connectivity index is 2.22. The first-order chi connectivity index (χ1) is 9.09. The first-order valence-corrected chi connectivity index (χ1v) is 6.68. The van der Waals surface area contributed by atoms with E-state index in [4.69, 9.17) is 0 Å². The predicted octanol–water partition coefficient (Wildman–Crippen LogP) is 4.65. The second-order valence-corrected chi connectivity index (χ2v) is 5.06. The van der Waals surface area contributed by atoms with E-state index in [1.165, 1.54) is 6.07 Å². The standard InChI is InChI=1S/C15H14BrFN2/c1-10-8-14(17)15(16)11(2)13(10)9-18-19-12-6-4-3-5-7-12/h3-9,19H,1-2H3. The molecular weight excluding hydrogens is 307 g/mol. The number of anilines is 1. The van der Waals surface area contributed by atoms with Crippen molar-refractivity contribution in [3.63, 3.8) is 0 Å². The van der Waals surface area contributed by atoms with E-state index in [-0.39, 0.29) is 5.82 Å². The van der Waals surface area contributed by atoms with Crippen LogP contribution < -0.4 is 5.43 Å². The SMILES string of the molecule is Cc1cc(F)c(Br)c(C)c1C=NNc1ccccc1. The molecule has 4 heteroatoms. The van der Waals surface area contributed by atoms with E-state index in [1.54, 1.807) is 6.21 Å². The number of aryl methyl sites for hydroxylation is 1. The smallest absolute Gasteiger partial charge is 0.137 e. The summed E-state index contributed by atoms with van der Waals surface area (Å²) in [5.41, 5.74) is 6.47. The van der Waals surface area contributed by atoms with Crippen molar-refractivity contribution in [1.82, 2.24) is 0 Å². The number of benzene rings is 2. The van der Waals surface area contributed by atoms with Crippen molar-refractivity contribution >= 4 is 27.8 Å². The van der Waals surface area contributed by atoms with Crippen LogP contribution in [0.4, 0.5) is 10.1 Å². The Morgan fingerprint density at radius 1 is 1.21 bits per heavy atom. The molecule has 19 heavy (non-hydrogen) atoms. The molecule has 0 saturated heterocycles. The van der Waals surface area contributed by atoms with Crippen molar-refractivity contribution in [2.75, 3.05) is 5.43 Å². The molecule has 1 N–H and O–H groups in total. The number of halogens is 2. The van der Waals surface area contributed by atoms with Gasteiger partial charge in [0.1, 0.15) is 5.82 Å². The Labute approximate surface area is 120 Å². The van der Waals surface area contributed by atoms with E-state index >= 15 is 0 Å². The van der Waals surface area contributed by atoms with Crippen LogP contribution in [0.2, 0.25) is 0 Å². The van der Waals surface area contributed by atoms with Gasteiger partial charge < -0.3 is 0 Å². The number of nitrogens with zero attached hydrogens (tertiary/aromatic N) is 1. The number of hydrogen-bond acceptors (Lipinski definition) is 2. The summed E-state index contributed by atoms with van der Waals surface area (Å²) in [5.74, 6) is -0.247. The Morgan fingerprint density at radius 3 is 2.58 bits per heavy atom. The fourth-order valence-corrected chi connectivity index (χ4v) is 2.14. The molecule has 0 fully saturated rings. The molecular formula is C15H14BrFN2. The minimum absolute atomic E-state index is 0.247. The number of para-hydroxylation sites is 1. The number of hydrazone groups is 1. The summed E-state index contributed by atoms with van der Waals surface area (Å²) in [6, 6.07) is 11.2. The zero-order valence-corrected chi connectivity index (χ0v) is 12.3. The predicted molar refractivity (Wildman–Crippen MR) is 81.2 cm³/mol. The lowest BCUT2D eigenvalue weighted by atomic mass is 10.0. The molecule has 0 amide bonds. The van der Waals surface area contributed by atoms with Crippen LogP contribution in [0, 0.1) is 19.7 Å². The number of hydrogen-bond donors (Lipinski definition) is 1. The molecule has 2 rings (SSSR count). The van der Waals surface area contributed by atoms with Gasteiger partial charge in [0.25, 0.3) is 0 Å². The van der Waals surface area contributed by atoms with Gasteiger partial charge in [-0.3, -0.25) is 5.43 Å². The lowest BCUT2D eigenvalue weighted by molar-refractivity contribution is 0.618. The normalized spacial score (nSPS) is 10.9. The van der Waals surface area contributed by atoms with E-state index in [1.807, 2.05) is 44.2 Å². The van der Waals surface area contributed by atoms with Gasteiger partial charge in [-0.2, -0.15) is 5.10 Å². The summed E-state index contributed by atoms with van der Waals surface area (Å²) >= 11 is 3.24. The minimum atomic E-state index is -0.247. The van der Waals surface area contributed by atoms with Gasteiger partial charge in [-0.15, -0.1) is 0 Å². The van der Waals surface area contributed by atoms with Crippen LogP contribution in [-0.2, 0) is 0 Å². The molecule has 0 aliphatic heterocycles. The maximum Gasteiger partial charge on any atom is 0.137 e. The van der Waals surface area contributed by atoms with Crippen molar-refractivity contribution in [3.05, 3.63) is 63.4 Å². The molecule has 0 radical (unpaired) electrons. The van der Waals surface area contributed by atoms with Gasteiger partial charge in [-0.05, 0) is 59.1 Å². The molecule has 0 aliphatic rings. The Hall–Kier alpha value is -1.68. The summed E-state index contributed by atoms with van der Waals surface area (Å²) < 4.78 is 14.0. The van der Waals surface area contributed by atoms with Crippen molar-refractivity contribution in [1.29, 1.82) is 0 Å². The quantitative estimate of drug-likeness (QED) is 0.646. The molecule has 0 atom stereocenters. The zero-order valence-electron chi connectivity index (χ0n) is 10.7. The molecule has 0 saturated carbocycles. The molecule has 2 nitrogen and oxygen atoms in total. The van der Waals surface area contributed by atoms with Gasteiger partial charge >= 0.3 is 0 Å². The van der Waals surface area contributed by atoms with E-state index in [0.29, 0.717) is 4.47 Å². The van der Waals surface area contributed by atoms with Crippen LogP contribution >= 0.6 is 15.9 Å². The van der Waals surface area contributed by atoms with Gasteiger partial charge in [0.15, 0.2) is 0 Å². The summed E-state index contributed by atoms with van der Waals surface area (Å²) in [6.45, 7) is 3.73. The van der Waals surface area contributed by atoms with Crippen LogP contribution in [0.3, 0.4) is 0 Å². The van der Waals surface area contributed by atoms with E-state index < -0.39 is 0 Å². The molecule has 0 spiro atoms. The summed E-state index contributed by atoms with van der Waals surface area (Å²) in [6.07, 6.45) is 1.71. The highest BCUT2D eigenvalue weighted by Crippen LogP contribution is 2.25. The van der Waals surface area contributed by atoms with Crippen LogP contribution in [0.15, 0.2) is 46.0 Å². The second-order valence-electron chi connectivity index (χ2n) is 4.26.